The maximum Gasteiger partial charge on any atom is 0.190 e. The molecule has 17 heavy (non-hydrogen) atoms. The Morgan fingerprint density at radius 1 is 1.35 bits per heavy atom. The largest absolute Gasteiger partial charge is 0.458 e. The van der Waals surface area contributed by atoms with Gasteiger partial charge in [0.15, 0.2) is 5.88 Å². The topological polar surface area (TPSA) is 68.4 Å². The molecule has 92 valence electrons. The average Bonchev–Trinajstić information content (AvgIpc) is 2.78. The molecule has 0 bridgehead atoms. The molecule has 1 fully saturated rings. The van der Waals surface area contributed by atoms with Gasteiger partial charge in [-0.15, -0.1) is 0 Å². The van der Waals surface area contributed by atoms with Gasteiger partial charge in [-0.2, -0.15) is 0 Å². The molecule has 1 aliphatic heterocycles. The SMILES string of the molecule is CC(c1ccc(N=[N+]=[N-])o1)N1CCN(C)CC1. The lowest BCUT2D eigenvalue weighted by Gasteiger charge is -2.35. The fraction of sp³-hybridized carbons (Fsp3) is 0.636. The minimum absolute atomic E-state index is 0.228. The zero-order valence-electron chi connectivity index (χ0n) is 10.2. The third-order valence-corrected chi connectivity index (χ3v) is 3.25. The standard InChI is InChI=1S/C11H17N5O/c1-9(16-7-5-15(2)6-8-16)10-3-4-11(17-10)13-14-12/h3-4,9H,5-8H2,1-2H3. The zero-order valence-corrected chi connectivity index (χ0v) is 10.2. The van der Waals surface area contributed by atoms with Crippen molar-refractivity contribution in [2.24, 2.45) is 5.11 Å². The van der Waals surface area contributed by atoms with Crippen molar-refractivity contribution < 1.29 is 4.42 Å². The van der Waals surface area contributed by atoms with Crippen molar-refractivity contribution in [1.82, 2.24) is 9.80 Å². The van der Waals surface area contributed by atoms with E-state index in [1.165, 1.54) is 0 Å². The van der Waals surface area contributed by atoms with E-state index in [9.17, 15) is 0 Å². The fourth-order valence-electron chi connectivity index (χ4n) is 2.05. The highest BCUT2D eigenvalue weighted by atomic mass is 16.4. The number of furan rings is 1. The second-order valence-electron chi connectivity index (χ2n) is 4.38. The van der Waals surface area contributed by atoms with Gasteiger partial charge in [-0.3, -0.25) is 4.90 Å². The predicted octanol–water partition coefficient (Wildman–Crippen LogP) is 2.53. The van der Waals surface area contributed by atoms with E-state index in [0.29, 0.717) is 5.88 Å². The Bertz CT molecular complexity index is 415. The molecule has 1 aliphatic rings. The molecule has 0 amide bonds. The van der Waals surface area contributed by atoms with Crippen molar-refractivity contribution in [3.8, 4) is 0 Å². The Morgan fingerprint density at radius 2 is 2.06 bits per heavy atom. The molecule has 1 saturated heterocycles. The highest BCUT2D eigenvalue weighted by Gasteiger charge is 2.22. The van der Waals surface area contributed by atoms with Crippen molar-refractivity contribution in [2.45, 2.75) is 13.0 Å². The van der Waals surface area contributed by atoms with Crippen molar-refractivity contribution in [2.75, 3.05) is 33.2 Å². The lowest BCUT2D eigenvalue weighted by molar-refractivity contribution is 0.109. The molecule has 2 heterocycles. The van der Waals surface area contributed by atoms with Gasteiger partial charge in [0.05, 0.1) is 6.04 Å². The molecule has 0 radical (unpaired) electrons. The van der Waals surface area contributed by atoms with Crippen LogP contribution in [-0.2, 0) is 0 Å². The van der Waals surface area contributed by atoms with Gasteiger partial charge in [-0.05, 0) is 36.7 Å². The molecule has 2 rings (SSSR count). The van der Waals surface area contributed by atoms with Crippen molar-refractivity contribution in [3.63, 3.8) is 0 Å². The van der Waals surface area contributed by atoms with E-state index < -0.39 is 0 Å². The van der Waals surface area contributed by atoms with Crippen LogP contribution >= 0.6 is 0 Å². The Kier molecular flexibility index (Phi) is 3.68. The first-order chi connectivity index (χ1) is 8.20. The summed E-state index contributed by atoms with van der Waals surface area (Å²) < 4.78 is 5.49. The van der Waals surface area contributed by atoms with Crippen LogP contribution in [0.15, 0.2) is 21.7 Å². The third-order valence-electron chi connectivity index (χ3n) is 3.25. The maximum atomic E-state index is 8.33. The van der Waals surface area contributed by atoms with Crippen LogP contribution in [0.2, 0.25) is 0 Å². The van der Waals surface area contributed by atoms with Crippen molar-refractivity contribution in [3.05, 3.63) is 28.3 Å². The van der Waals surface area contributed by atoms with Crippen LogP contribution in [0.1, 0.15) is 18.7 Å². The van der Waals surface area contributed by atoms with Gasteiger partial charge in [0.2, 0.25) is 0 Å². The smallest absolute Gasteiger partial charge is 0.190 e. The molecule has 1 atom stereocenters. The molecule has 0 saturated carbocycles. The number of hydrogen-bond donors (Lipinski definition) is 0. The first kappa shape index (κ1) is 12.0. The van der Waals surface area contributed by atoms with E-state index in [1.807, 2.05) is 6.07 Å². The molecule has 6 nitrogen and oxygen atoms in total. The van der Waals surface area contributed by atoms with E-state index in [2.05, 4.69) is 33.8 Å². The van der Waals surface area contributed by atoms with Crippen LogP contribution in [0.5, 0.6) is 0 Å². The monoisotopic (exact) mass is 235 g/mol. The summed E-state index contributed by atoms with van der Waals surface area (Å²) in [6.07, 6.45) is 0. The number of likely N-dealkylation sites (N-methyl/N-ethyl adjacent to an activating group) is 1. The summed E-state index contributed by atoms with van der Waals surface area (Å²) >= 11 is 0. The molecular formula is C11H17N5O. The maximum absolute atomic E-state index is 8.33. The minimum Gasteiger partial charge on any atom is -0.458 e. The quantitative estimate of drug-likeness (QED) is 0.459. The highest BCUT2D eigenvalue weighted by molar-refractivity contribution is 5.25. The summed E-state index contributed by atoms with van der Waals surface area (Å²) in [7, 11) is 2.13. The van der Waals surface area contributed by atoms with Crippen LogP contribution < -0.4 is 0 Å². The molecule has 1 aromatic heterocycles. The first-order valence-corrected chi connectivity index (χ1v) is 5.78. The summed E-state index contributed by atoms with van der Waals surface area (Å²) in [6, 6.07) is 3.82. The number of rotatable bonds is 3. The second-order valence-corrected chi connectivity index (χ2v) is 4.38. The van der Waals surface area contributed by atoms with Gasteiger partial charge in [-0.25, -0.2) is 0 Å². The predicted molar refractivity (Wildman–Crippen MR) is 65.0 cm³/mol. The van der Waals surface area contributed by atoms with Crippen molar-refractivity contribution >= 4 is 5.88 Å². The van der Waals surface area contributed by atoms with Crippen LogP contribution in [0.25, 0.3) is 10.4 Å². The van der Waals surface area contributed by atoms with Gasteiger partial charge in [0.1, 0.15) is 5.76 Å². The summed E-state index contributed by atoms with van der Waals surface area (Å²) in [5, 5.41) is 3.45. The Hall–Kier alpha value is -1.49. The van der Waals surface area contributed by atoms with E-state index >= 15 is 0 Å². The molecule has 0 aliphatic carbocycles. The molecule has 0 aromatic carbocycles. The van der Waals surface area contributed by atoms with Gasteiger partial charge in [-0.1, -0.05) is 0 Å². The van der Waals surface area contributed by atoms with Crippen LogP contribution in [0.3, 0.4) is 0 Å². The lowest BCUT2D eigenvalue weighted by Crippen LogP contribution is -2.45. The second kappa shape index (κ2) is 5.23. The lowest BCUT2D eigenvalue weighted by atomic mass is 10.2. The molecule has 6 heteroatoms. The molecular weight excluding hydrogens is 218 g/mol. The number of hydrogen-bond acceptors (Lipinski definition) is 4. The molecule has 1 unspecified atom stereocenters. The van der Waals surface area contributed by atoms with Gasteiger partial charge in [0, 0.05) is 31.1 Å². The van der Waals surface area contributed by atoms with E-state index in [-0.39, 0.29) is 6.04 Å². The van der Waals surface area contributed by atoms with Gasteiger partial charge < -0.3 is 9.32 Å². The Balaban J connectivity index is 2.03. The van der Waals surface area contributed by atoms with Gasteiger partial charge in [0.25, 0.3) is 0 Å². The van der Waals surface area contributed by atoms with Crippen LogP contribution in [0, 0.1) is 0 Å². The Morgan fingerprint density at radius 3 is 2.71 bits per heavy atom. The zero-order chi connectivity index (χ0) is 12.3. The molecule has 0 spiro atoms. The molecule has 1 aromatic rings. The third kappa shape index (κ3) is 2.79. The van der Waals surface area contributed by atoms with E-state index in [4.69, 9.17) is 9.95 Å². The minimum atomic E-state index is 0.228. The summed E-state index contributed by atoms with van der Waals surface area (Å²) in [5.41, 5.74) is 8.33. The normalized spacial score (nSPS) is 19.9. The highest BCUT2D eigenvalue weighted by Crippen LogP contribution is 2.26. The van der Waals surface area contributed by atoms with E-state index in [1.54, 1.807) is 6.07 Å². The average molecular weight is 235 g/mol. The summed E-state index contributed by atoms with van der Waals surface area (Å²) in [5.74, 6) is 1.19. The fourth-order valence-corrected chi connectivity index (χ4v) is 2.05. The molecule has 0 N–H and O–H groups in total. The first-order valence-electron chi connectivity index (χ1n) is 5.78. The van der Waals surface area contributed by atoms with Crippen molar-refractivity contribution in [1.29, 1.82) is 0 Å². The summed E-state index contributed by atoms with van der Waals surface area (Å²) in [4.78, 5) is 7.40. The number of azide groups is 1. The van der Waals surface area contributed by atoms with Crippen LogP contribution in [-0.4, -0.2) is 43.0 Å². The van der Waals surface area contributed by atoms with Crippen LogP contribution in [0.4, 0.5) is 5.88 Å². The number of nitrogens with zero attached hydrogens (tertiary/aromatic N) is 5. The summed E-state index contributed by atoms with van der Waals surface area (Å²) in [6.45, 7) is 6.34. The Labute approximate surface area is 100 Å². The van der Waals surface area contributed by atoms with Gasteiger partial charge >= 0.3 is 0 Å². The van der Waals surface area contributed by atoms with E-state index in [0.717, 1.165) is 31.9 Å². The number of piperazine rings is 1.